The van der Waals surface area contributed by atoms with Crippen LogP contribution < -0.4 is 0 Å². The number of hydrogen-bond donors (Lipinski definition) is 0. The summed E-state index contributed by atoms with van der Waals surface area (Å²) in [5, 5.41) is 5.68. The molecule has 0 spiro atoms. The van der Waals surface area contributed by atoms with Gasteiger partial charge in [0.05, 0.1) is 23.2 Å². The summed E-state index contributed by atoms with van der Waals surface area (Å²) >= 11 is 0. The lowest BCUT2D eigenvalue weighted by atomic mass is 10.1. The quantitative estimate of drug-likeness (QED) is 0.461. The predicted molar refractivity (Wildman–Crippen MR) is 102 cm³/mol. The van der Waals surface area contributed by atoms with Gasteiger partial charge in [-0.2, -0.15) is 18.3 Å². The lowest BCUT2D eigenvalue weighted by molar-refractivity contribution is -0.144. The van der Waals surface area contributed by atoms with E-state index in [1.54, 1.807) is 6.92 Å². The fourth-order valence-corrected chi connectivity index (χ4v) is 3.28. The van der Waals surface area contributed by atoms with Gasteiger partial charge in [-0.3, -0.25) is 14.5 Å². The van der Waals surface area contributed by atoms with Gasteiger partial charge in [0.25, 0.3) is 0 Å². The van der Waals surface area contributed by atoms with E-state index in [0.29, 0.717) is 22.0 Å². The number of esters is 1. The van der Waals surface area contributed by atoms with E-state index < -0.39 is 17.7 Å². The number of benzene rings is 2. The standard InChI is InChI=1S/C21H16F3N3O2/c1-2-29-18(28)12-27-20-15-9-8-14(21(22,23)24)10-17(15)25-11-16(20)19(26-27)13-6-4-3-5-7-13/h3-11H,2,12H2,1H3. The average Bonchev–Trinajstić information content (AvgIpc) is 3.06. The highest BCUT2D eigenvalue weighted by molar-refractivity contribution is 6.08. The molecule has 2 aromatic heterocycles. The third-order valence-corrected chi connectivity index (χ3v) is 4.53. The molecule has 8 heteroatoms. The van der Waals surface area contributed by atoms with Crippen LogP contribution in [0.15, 0.2) is 54.7 Å². The lowest BCUT2D eigenvalue weighted by Gasteiger charge is -2.09. The number of pyridine rings is 1. The Bertz CT molecular complexity index is 1200. The molecule has 0 saturated carbocycles. The topological polar surface area (TPSA) is 57.0 Å². The Morgan fingerprint density at radius 3 is 2.55 bits per heavy atom. The number of rotatable bonds is 4. The molecule has 0 bridgehead atoms. The average molecular weight is 399 g/mol. The van der Waals surface area contributed by atoms with Crippen LogP contribution in [0.4, 0.5) is 13.2 Å². The van der Waals surface area contributed by atoms with E-state index in [-0.39, 0.29) is 18.7 Å². The monoisotopic (exact) mass is 399 g/mol. The third-order valence-electron chi connectivity index (χ3n) is 4.53. The fraction of sp³-hybridized carbons (Fsp3) is 0.190. The van der Waals surface area contributed by atoms with E-state index in [1.807, 2.05) is 30.3 Å². The Labute approximate surface area is 163 Å². The molecule has 0 atom stereocenters. The normalized spacial score (nSPS) is 11.9. The minimum absolute atomic E-state index is 0.155. The second-order valence-electron chi connectivity index (χ2n) is 6.43. The predicted octanol–water partition coefficient (Wildman–Crippen LogP) is 4.83. The Kier molecular flexibility index (Phi) is 4.70. The Morgan fingerprint density at radius 1 is 1.10 bits per heavy atom. The van der Waals surface area contributed by atoms with Crippen molar-refractivity contribution in [3.05, 3.63) is 60.3 Å². The van der Waals surface area contributed by atoms with E-state index in [0.717, 1.165) is 17.7 Å². The Hall–Kier alpha value is -3.42. The number of nitrogens with zero attached hydrogens (tertiary/aromatic N) is 3. The number of halogens is 3. The Morgan fingerprint density at radius 2 is 1.86 bits per heavy atom. The maximum atomic E-state index is 13.1. The highest BCUT2D eigenvalue weighted by Crippen LogP contribution is 2.35. The van der Waals surface area contributed by atoms with E-state index in [9.17, 15) is 18.0 Å². The summed E-state index contributed by atoms with van der Waals surface area (Å²) in [6.45, 7) is 1.77. The summed E-state index contributed by atoms with van der Waals surface area (Å²) < 4.78 is 45.7. The Balaban J connectivity index is 1.97. The van der Waals surface area contributed by atoms with Crippen LogP contribution in [0.3, 0.4) is 0 Å². The molecule has 0 aliphatic carbocycles. The van der Waals surface area contributed by atoms with Crippen molar-refractivity contribution >= 4 is 27.8 Å². The number of fused-ring (bicyclic) bond motifs is 3. The van der Waals surface area contributed by atoms with Gasteiger partial charge >= 0.3 is 12.1 Å². The summed E-state index contributed by atoms with van der Waals surface area (Å²) in [5.74, 6) is -0.478. The maximum absolute atomic E-state index is 13.1. The molecule has 2 heterocycles. The first-order valence-electron chi connectivity index (χ1n) is 8.96. The second-order valence-corrected chi connectivity index (χ2v) is 6.43. The SMILES string of the molecule is CCOC(=O)Cn1nc(-c2ccccc2)c2cnc3cc(C(F)(F)F)ccc3c21. The van der Waals surface area contributed by atoms with Crippen LogP contribution in [0.1, 0.15) is 12.5 Å². The van der Waals surface area contributed by atoms with E-state index in [1.165, 1.54) is 16.9 Å². The largest absolute Gasteiger partial charge is 0.465 e. The summed E-state index contributed by atoms with van der Waals surface area (Å²) in [6.07, 6.45) is -2.97. The van der Waals surface area contributed by atoms with Gasteiger partial charge < -0.3 is 4.74 Å². The van der Waals surface area contributed by atoms with E-state index in [4.69, 9.17) is 4.74 Å². The minimum atomic E-state index is -4.47. The van der Waals surface area contributed by atoms with Crippen molar-refractivity contribution in [3.63, 3.8) is 0 Å². The summed E-state index contributed by atoms with van der Waals surface area (Å²) in [6, 6.07) is 12.7. The van der Waals surface area contributed by atoms with Crippen molar-refractivity contribution in [2.45, 2.75) is 19.6 Å². The zero-order valence-corrected chi connectivity index (χ0v) is 15.4. The molecule has 5 nitrogen and oxygen atoms in total. The first kappa shape index (κ1) is 18.9. The molecular weight excluding hydrogens is 383 g/mol. The van der Waals surface area contributed by atoms with Gasteiger partial charge in [0.15, 0.2) is 0 Å². The first-order valence-corrected chi connectivity index (χ1v) is 8.96. The van der Waals surface area contributed by atoms with Crippen LogP contribution in [-0.4, -0.2) is 27.3 Å². The lowest BCUT2D eigenvalue weighted by Crippen LogP contribution is -2.14. The van der Waals surface area contributed by atoms with Crippen LogP contribution in [0.25, 0.3) is 33.1 Å². The van der Waals surface area contributed by atoms with Gasteiger partial charge in [-0.1, -0.05) is 36.4 Å². The molecule has 0 fully saturated rings. The smallest absolute Gasteiger partial charge is 0.416 e. The van der Waals surface area contributed by atoms with Crippen LogP contribution >= 0.6 is 0 Å². The first-order chi connectivity index (χ1) is 13.9. The molecule has 4 aromatic rings. The number of alkyl halides is 3. The number of ether oxygens (including phenoxy) is 1. The molecule has 2 aromatic carbocycles. The van der Waals surface area contributed by atoms with Gasteiger partial charge in [-0.15, -0.1) is 0 Å². The molecule has 0 N–H and O–H groups in total. The molecule has 4 rings (SSSR count). The van der Waals surface area contributed by atoms with Crippen molar-refractivity contribution in [2.24, 2.45) is 0 Å². The molecule has 0 unspecified atom stereocenters. The van der Waals surface area contributed by atoms with Crippen LogP contribution in [-0.2, 0) is 22.3 Å². The van der Waals surface area contributed by atoms with E-state index in [2.05, 4.69) is 10.1 Å². The molecule has 0 amide bonds. The maximum Gasteiger partial charge on any atom is 0.416 e. The molecule has 0 aliphatic heterocycles. The molecule has 148 valence electrons. The van der Waals surface area contributed by atoms with Crippen molar-refractivity contribution < 1.29 is 22.7 Å². The van der Waals surface area contributed by atoms with Crippen molar-refractivity contribution in [1.82, 2.24) is 14.8 Å². The molecule has 0 saturated heterocycles. The molecule has 0 aliphatic rings. The summed E-state index contributed by atoms with van der Waals surface area (Å²) in [4.78, 5) is 16.3. The zero-order chi connectivity index (χ0) is 20.6. The van der Waals surface area contributed by atoms with Crippen LogP contribution in [0.5, 0.6) is 0 Å². The molecule has 0 radical (unpaired) electrons. The fourth-order valence-electron chi connectivity index (χ4n) is 3.28. The zero-order valence-electron chi connectivity index (χ0n) is 15.4. The van der Waals surface area contributed by atoms with Gasteiger partial charge in [-0.05, 0) is 19.1 Å². The van der Waals surface area contributed by atoms with Gasteiger partial charge in [0, 0.05) is 22.5 Å². The van der Waals surface area contributed by atoms with Crippen molar-refractivity contribution in [3.8, 4) is 11.3 Å². The number of hydrogen-bond acceptors (Lipinski definition) is 4. The van der Waals surface area contributed by atoms with Crippen molar-refractivity contribution in [1.29, 1.82) is 0 Å². The number of aromatic nitrogens is 3. The summed E-state index contributed by atoms with van der Waals surface area (Å²) in [7, 11) is 0. The number of carbonyl (C=O) groups excluding carboxylic acids is 1. The minimum Gasteiger partial charge on any atom is -0.465 e. The van der Waals surface area contributed by atoms with E-state index >= 15 is 0 Å². The summed E-state index contributed by atoms with van der Waals surface area (Å²) in [5.41, 5.74) is 1.34. The van der Waals surface area contributed by atoms with Gasteiger partial charge in [0.2, 0.25) is 0 Å². The second kappa shape index (κ2) is 7.20. The molecular formula is C21H16F3N3O2. The highest BCUT2D eigenvalue weighted by Gasteiger charge is 2.31. The van der Waals surface area contributed by atoms with Crippen LogP contribution in [0.2, 0.25) is 0 Å². The van der Waals surface area contributed by atoms with Crippen LogP contribution in [0, 0.1) is 0 Å². The number of carbonyl (C=O) groups is 1. The van der Waals surface area contributed by atoms with Gasteiger partial charge in [0.1, 0.15) is 12.2 Å². The highest BCUT2D eigenvalue weighted by atomic mass is 19.4. The third kappa shape index (κ3) is 3.53. The van der Waals surface area contributed by atoms with Crippen molar-refractivity contribution in [2.75, 3.05) is 6.61 Å². The molecule has 29 heavy (non-hydrogen) atoms. The van der Waals surface area contributed by atoms with Gasteiger partial charge in [-0.25, -0.2) is 0 Å².